The maximum Gasteiger partial charge on any atom is 0.243 e. The highest BCUT2D eigenvalue weighted by Crippen LogP contribution is 2.21. The van der Waals surface area contributed by atoms with Crippen LogP contribution in [-0.4, -0.2) is 54.7 Å². The van der Waals surface area contributed by atoms with E-state index in [-0.39, 0.29) is 12.3 Å². The minimum absolute atomic E-state index is 0.00163. The van der Waals surface area contributed by atoms with Gasteiger partial charge >= 0.3 is 0 Å². The second-order valence-electron chi connectivity index (χ2n) is 6.09. The maximum atomic E-state index is 12.8. The van der Waals surface area contributed by atoms with E-state index in [0.717, 1.165) is 16.3 Å². The first-order valence-corrected chi connectivity index (χ1v) is 10.4. The van der Waals surface area contributed by atoms with Crippen LogP contribution < -0.4 is 0 Å². The molecule has 1 aromatic heterocycles. The molecule has 1 amide bonds. The first kappa shape index (κ1) is 18.0. The van der Waals surface area contributed by atoms with Gasteiger partial charge < -0.3 is 4.90 Å². The van der Waals surface area contributed by atoms with Crippen LogP contribution in [0.25, 0.3) is 0 Å². The van der Waals surface area contributed by atoms with Crippen LogP contribution in [0.3, 0.4) is 0 Å². The third-order valence-electron chi connectivity index (χ3n) is 4.30. The lowest BCUT2D eigenvalue weighted by molar-refractivity contribution is -0.131. The molecule has 1 aliphatic rings. The summed E-state index contributed by atoms with van der Waals surface area (Å²) in [6.07, 6.45) is 0.273. The van der Waals surface area contributed by atoms with E-state index >= 15 is 0 Å². The number of nitrogens with zero attached hydrogens (tertiary/aromatic N) is 3. The molecule has 1 saturated heterocycles. The van der Waals surface area contributed by atoms with Crippen LogP contribution >= 0.6 is 11.3 Å². The lowest BCUT2D eigenvalue weighted by Gasteiger charge is -2.34. The van der Waals surface area contributed by atoms with Crippen molar-refractivity contribution < 1.29 is 13.2 Å². The van der Waals surface area contributed by atoms with Crippen molar-refractivity contribution in [2.75, 3.05) is 26.2 Å². The van der Waals surface area contributed by atoms with E-state index in [1.165, 1.54) is 15.6 Å². The normalized spacial score (nSPS) is 16.2. The fourth-order valence-electron chi connectivity index (χ4n) is 2.92. The highest BCUT2D eigenvalue weighted by atomic mass is 32.2. The van der Waals surface area contributed by atoms with Gasteiger partial charge in [-0.2, -0.15) is 4.31 Å². The molecule has 8 heteroatoms. The van der Waals surface area contributed by atoms with Crippen LogP contribution in [0.15, 0.2) is 34.5 Å². The first-order valence-electron chi connectivity index (χ1n) is 8.12. The van der Waals surface area contributed by atoms with Crippen LogP contribution in [0, 0.1) is 13.8 Å². The second-order valence-corrected chi connectivity index (χ2v) is 9.05. The Morgan fingerprint density at radius 2 is 1.84 bits per heavy atom. The van der Waals surface area contributed by atoms with Gasteiger partial charge in [-0.15, -0.1) is 11.3 Å². The number of sulfonamides is 1. The molecule has 1 fully saturated rings. The molecule has 3 rings (SSSR count). The number of benzene rings is 1. The number of carbonyl (C=O) groups excluding carboxylic acids is 1. The van der Waals surface area contributed by atoms with Crippen LogP contribution in [0.5, 0.6) is 0 Å². The van der Waals surface area contributed by atoms with Crippen LogP contribution in [0.1, 0.15) is 16.3 Å². The maximum absolute atomic E-state index is 12.8. The predicted octanol–water partition coefficient (Wildman–Crippen LogP) is 1.84. The number of piperazine rings is 1. The molecule has 25 heavy (non-hydrogen) atoms. The van der Waals surface area contributed by atoms with E-state index in [4.69, 9.17) is 0 Å². The fraction of sp³-hybridized carbons (Fsp3) is 0.412. The Balaban J connectivity index is 1.63. The van der Waals surface area contributed by atoms with E-state index < -0.39 is 10.0 Å². The van der Waals surface area contributed by atoms with E-state index in [0.29, 0.717) is 31.1 Å². The number of hydrogen-bond donors (Lipinski definition) is 0. The van der Waals surface area contributed by atoms with E-state index in [2.05, 4.69) is 4.98 Å². The molecule has 6 nitrogen and oxygen atoms in total. The number of carbonyl (C=O) groups is 1. The topological polar surface area (TPSA) is 70.6 Å². The van der Waals surface area contributed by atoms with Gasteiger partial charge in [-0.1, -0.05) is 18.2 Å². The van der Waals surface area contributed by atoms with E-state index in [1.54, 1.807) is 30.0 Å². The van der Waals surface area contributed by atoms with Crippen LogP contribution in [-0.2, 0) is 21.2 Å². The predicted molar refractivity (Wildman–Crippen MR) is 97.1 cm³/mol. The molecule has 1 aromatic carbocycles. The highest BCUT2D eigenvalue weighted by molar-refractivity contribution is 7.89. The summed E-state index contributed by atoms with van der Waals surface area (Å²) in [5.41, 5.74) is 1.52. The van der Waals surface area contributed by atoms with Crippen molar-refractivity contribution in [2.45, 2.75) is 25.2 Å². The summed E-state index contributed by atoms with van der Waals surface area (Å²) in [7, 11) is -3.51. The first-order chi connectivity index (χ1) is 11.9. The number of aromatic nitrogens is 1. The minimum atomic E-state index is -3.51. The van der Waals surface area contributed by atoms with Gasteiger partial charge in [0.15, 0.2) is 0 Å². The van der Waals surface area contributed by atoms with Gasteiger partial charge in [-0.25, -0.2) is 13.4 Å². The summed E-state index contributed by atoms with van der Waals surface area (Å²) in [5.74, 6) is -0.00163. The number of amides is 1. The summed E-state index contributed by atoms with van der Waals surface area (Å²) < 4.78 is 27.0. The Kier molecular flexibility index (Phi) is 5.21. The summed E-state index contributed by atoms with van der Waals surface area (Å²) in [6.45, 7) is 5.16. The Labute approximate surface area is 152 Å². The van der Waals surface area contributed by atoms with Crippen LogP contribution in [0.2, 0.25) is 0 Å². The van der Waals surface area contributed by atoms with Gasteiger partial charge in [-0.3, -0.25) is 4.79 Å². The number of hydrogen-bond acceptors (Lipinski definition) is 5. The van der Waals surface area contributed by atoms with Crippen molar-refractivity contribution in [1.29, 1.82) is 0 Å². The zero-order chi connectivity index (χ0) is 18.0. The molecule has 134 valence electrons. The highest BCUT2D eigenvalue weighted by Gasteiger charge is 2.30. The SMILES string of the molecule is Cc1nc(CC(=O)N2CCN(S(=O)(=O)c3ccccc3C)CC2)cs1. The van der Waals surface area contributed by atoms with Gasteiger partial charge in [0, 0.05) is 31.6 Å². The lowest BCUT2D eigenvalue weighted by atomic mass is 10.2. The molecule has 0 N–H and O–H groups in total. The van der Waals surface area contributed by atoms with Crippen molar-refractivity contribution >= 4 is 27.3 Å². The summed E-state index contributed by atoms with van der Waals surface area (Å²) in [6, 6.07) is 6.98. The number of thiazole rings is 1. The third kappa shape index (κ3) is 3.91. The monoisotopic (exact) mass is 379 g/mol. The molecule has 0 spiro atoms. The quantitative estimate of drug-likeness (QED) is 0.813. The molecule has 0 aliphatic carbocycles. The average Bonchev–Trinajstić information content (AvgIpc) is 3.00. The molecule has 0 saturated carbocycles. The van der Waals surface area contributed by atoms with Crippen molar-refractivity contribution in [2.24, 2.45) is 0 Å². The van der Waals surface area contributed by atoms with Crippen molar-refractivity contribution in [1.82, 2.24) is 14.2 Å². The average molecular weight is 380 g/mol. The standard InChI is InChI=1S/C17H21N3O3S2/c1-13-5-3-4-6-16(13)25(22,23)20-9-7-19(8-10-20)17(21)11-15-12-24-14(2)18-15/h3-6,12H,7-11H2,1-2H3. The number of rotatable bonds is 4. The largest absolute Gasteiger partial charge is 0.340 e. The minimum Gasteiger partial charge on any atom is -0.340 e. The zero-order valence-electron chi connectivity index (χ0n) is 14.3. The van der Waals surface area contributed by atoms with Gasteiger partial charge in [0.25, 0.3) is 0 Å². The fourth-order valence-corrected chi connectivity index (χ4v) is 5.18. The second kappa shape index (κ2) is 7.23. The van der Waals surface area contributed by atoms with Gasteiger partial charge in [0.05, 0.1) is 22.0 Å². The Morgan fingerprint density at radius 3 is 2.44 bits per heavy atom. The lowest BCUT2D eigenvalue weighted by Crippen LogP contribution is -2.50. The van der Waals surface area contributed by atoms with Gasteiger partial charge in [0.1, 0.15) is 0 Å². The molecule has 0 atom stereocenters. The molecule has 0 radical (unpaired) electrons. The zero-order valence-corrected chi connectivity index (χ0v) is 15.9. The van der Waals surface area contributed by atoms with Crippen molar-refractivity contribution in [3.8, 4) is 0 Å². The van der Waals surface area contributed by atoms with E-state index in [9.17, 15) is 13.2 Å². The molecule has 1 aliphatic heterocycles. The summed E-state index contributed by atoms with van der Waals surface area (Å²) >= 11 is 1.53. The van der Waals surface area contributed by atoms with Crippen molar-refractivity contribution in [3.05, 3.63) is 45.9 Å². The molecule has 2 aromatic rings. The Bertz CT molecular complexity index is 869. The molecule has 0 bridgehead atoms. The molecule has 2 heterocycles. The van der Waals surface area contributed by atoms with Gasteiger partial charge in [-0.05, 0) is 25.5 Å². The molecule has 0 unspecified atom stereocenters. The molecular weight excluding hydrogens is 358 g/mol. The molecular formula is C17H21N3O3S2. The van der Waals surface area contributed by atoms with E-state index in [1.807, 2.05) is 18.4 Å². The number of aryl methyl sites for hydroxylation is 2. The van der Waals surface area contributed by atoms with Crippen molar-refractivity contribution in [3.63, 3.8) is 0 Å². The van der Waals surface area contributed by atoms with Crippen LogP contribution in [0.4, 0.5) is 0 Å². The Morgan fingerprint density at radius 1 is 1.16 bits per heavy atom. The summed E-state index contributed by atoms with van der Waals surface area (Å²) in [5, 5.41) is 2.84. The smallest absolute Gasteiger partial charge is 0.243 e. The Hall–Kier alpha value is -1.77. The van der Waals surface area contributed by atoms with Gasteiger partial charge in [0.2, 0.25) is 15.9 Å². The summed E-state index contributed by atoms with van der Waals surface area (Å²) in [4.78, 5) is 18.8. The third-order valence-corrected chi connectivity index (χ3v) is 7.18.